The van der Waals surface area contributed by atoms with Gasteiger partial charge < -0.3 is 5.73 Å². The van der Waals surface area contributed by atoms with Crippen LogP contribution in [0.4, 0.5) is 0 Å². The molecule has 58 valence electrons. The maximum atomic E-state index is 5.31. The van der Waals surface area contributed by atoms with Crippen LogP contribution in [0.15, 0.2) is 18.5 Å². The molecule has 0 aliphatic carbocycles. The monoisotopic (exact) mass is 149 g/mol. The van der Waals surface area contributed by atoms with E-state index in [4.69, 9.17) is 5.73 Å². The van der Waals surface area contributed by atoms with Gasteiger partial charge in [-0.05, 0) is 19.9 Å². The Morgan fingerprint density at radius 1 is 1.64 bits per heavy atom. The van der Waals surface area contributed by atoms with Gasteiger partial charge in [0.05, 0.1) is 0 Å². The summed E-state index contributed by atoms with van der Waals surface area (Å²) in [7, 11) is 0. The summed E-state index contributed by atoms with van der Waals surface area (Å²) in [4.78, 5) is 8.24. The number of aromatic nitrogens is 2. The van der Waals surface area contributed by atoms with Crippen molar-refractivity contribution in [2.24, 2.45) is 5.73 Å². The number of nitrogens with zero attached hydrogens (tertiary/aromatic N) is 2. The molecule has 1 aromatic rings. The highest BCUT2D eigenvalue weighted by Crippen LogP contribution is 2.05. The van der Waals surface area contributed by atoms with Crippen molar-refractivity contribution in [3.8, 4) is 0 Å². The zero-order chi connectivity index (χ0) is 8.27. The van der Waals surface area contributed by atoms with E-state index in [-0.39, 0.29) is 0 Å². The van der Waals surface area contributed by atoms with Crippen LogP contribution >= 0.6 is 0 Å². The number of aryl methyl sites for hydroxylation is 1. The molecular formula is C8H11N3. The van der Waals surface area contributed by atoms with Crippen LogP contribution in [0.25, 0.3) is 5.57 Å². The Balaban J connectivity index is 3.06. The molecule has 3 nitrogen and oxygen atoms in total. The summed E-state index contributed by atoms with van der Waals surface area (Å²) >= 11 is 0. The highest BCUT2D eigenvalue weighted by Gasteiger charge is 1.96. The fourth-order valence-electron chi connectivity index (χ4n) is 0.713. The maximum absolute atomic E-state index is 5.31. The SMILES string of the molecule is CC(=CN)c1nccc(C)n1. The zero-order valence-electron chi connectivity index (χ0n) is 6.70. The van der Waals surface area contributed by atoms with E-state index in [1.54, 1.807) is 6.20 Å². The summed E-state index contributed by atoms with van der Waals surface area (Å²) in [5, 5.41) is 0. The van der Waals surface area contributed by atoms with Gasteiger partial charge in [0, 0.05) is 23.7 Å². The molecule has 1 heterocycles. The second-order valence-corrected chi connectivity index (χ2v) is 2.37. The van der Waals surface area contributed by atoms with Crippen molar-refractivity contribution in [1.29, 1.82) is 0 Å². The molecule has 0 saturated heterocycles. The van der Waals surface area contributed by atoms with Crippen LogP contribution in [-0.4, -0.2) is 9.97 Å². The van der Waals surface area contributed by atoms with Gasteiger partial charge in [-0.25, -0.2) is 9.97 Å². The fraction of sp³-hybridized carbons (Fsp3) is 0.250. The summed E-state index contributed by atoms with van der Waals surface area (Å²) in [5.74, 6) is 0.701. The minimum Gasteiger partial charge on any atom is -0.404 e. The van der Waals surface area contributed by atoms with Gasteiger partial charge in [-0.15, -0.1) is 0 Å². The normalized spacial score (nSPS) is 11.6. The van der Waals surface area contributed by atoms with Gasteiger partial charge in [-0.2, -0.15) is 0 Å². The quantitative estimate of drug-likeness (QED) is 0.650. The first-order valence-corrected chi connectivity index (χ1v) is 3.42. The van der Waals surface area contributed by atoms with Crippen molar-refractivity contribution in [1.82, 2.24) is 9.97 Å². The lowest BCUT2D eigenvalue weighted by Crippen LogP contribution is -1.94. The molecule has 1 rings (SSSR count). The summed E-state index contributed by atoms with van der Waals surface area (Å²) in [5.41, 5.74) is 7.16. The Bertz CT molecular complexity index is 278. The van der Waals surface area contributed by atoms with Crippen LogP contribution < -0.4 is 5.73 Å². The van der Waals surface area contributed by atoms with Gasteiger partial charge in [-0.3, -0.25) is 0 Å². The third-order valence-electron chi connectivity index (χ3n) is 1.40. The standard InChI is InChI=1S/C8H11N3/c1-6(5-9)8-10-4-3-7(2)11-8/h3-5H,9H2,1-2H3. The van der Waals surface area contributed by atoms with Crippen LogP contribution in [0.1, 0.15) is 18.4 Å². The lowest BCUT2D eigenvalue weighted by Gasteiger charge is -1.97. The first kappa shape index (κ1) is 7.72. The van der Waals surface area contributed by atoms with Crippen molar-refractivity contribution < 1.29 is 0 Å². The molecule has 0 amide bonds. The summed E-state index contributed by atoms with van der Waals surface area (Å²) in [6, 6.07) is 1.85. The highest BCUT2D eigenvalue weighted by molar-refractivity contribution is 5.56. The Kier molecular flexibility index (Phi) is 2.21. The number of rotatable bonds is 1. The van der Waals surface area contributed by atoms with Crippen LogP contribution in [0.3, 0.4) is 0 Å². The molecule has 0 aliphatic heterocycles. The van der Waals surface area contributed by atoms with Crippen LogP contribution in [0.2, 0.25) is 0 Å². The predicted molar refractivity (Wildman–Crippen MR) is 44.6 cm³/mol. The lowest BCUT2D eigenvalue weighted by molar-refractivity contribution is 1.06. The molecular weight excluding hydrogens is 138 g/mol. The molecule has 0 unspecified atom stereocenters. The Hall–Kier alpha value is -1.38. The van der Waals surface area contributed by atoms with Gasteiger partial charge in [0.1, 0.15) is 0 Å². The number of allylic oxidation sites excluding steroid dienone is 1. The van der Waals surface area contributed by atoms with Gasteiger partial charge in [0.2, 0.25) is 0 Å². The molecule has 11 heavy (non-hydrogen) atoms. The van der Waals surface area contributed by atoms with Gasteiger partial charge in [0.15, 0.2) is 5.82 Å². The third-order valence-corrected chi connectivity index (χ3v) is 1.40. The number of nitrogens with two attached hydrogens (primary N) is 1. The van der Waals surface area contributed by atoms with E-state index in [2.05, 4.69) is 9.97 Å². The average molecular weight is 149 g/mol. The minimum absolute atomic E-state index is 0.701. The molecule has 0 aliphatic rings. The first-order valence-electron chi connectivity index (χ1n) is 3.42. The number of hydrogen-bond donors (Lipinski definition) is 1. The molecule has 0 spiro atoms. The van der Waals surface area contributed by atoms with Crippen molar-refractivity contribution in [2.45, 2.75) is 13.8 Å². The highest BCUT2D eigenvalue weighted by atomic mass is 14.9. The number of hydrogen-bond acceptors (Lipinski definition) is 3. The largest absolute Gasteiger partial charge is 0.404 e. The van der Waals surface area contributed by atoms with Gasteiger partial charge in [-0.1, -0.05) is 0 Å². The summed E-state index contributed by atoms with van der Waals surface area (Å²) < 4.78 is 0. The van der Waals surface area contributed by atoms with Gasteiger partial charge in [0.25, 0.3) is 0 Å². The summed E-state index contributed by atoms with van der Waals surface area (Å²) in [6.07, 6.45) is 3.24. The smallest absolute Gasteiger partial charge is 0.156 e. The Morgan fingerprint density at radius 2 is 2.36 bits per heavy atom. The first-order chi connectivity index (χ1) is 5.24. The van der Waals surface area contributed by atoms with Gasteiger partial charge >= 0.3 is 0 Å². The predicted octanol–water partition coefficient (Wildman–Crippen LogP) is 1.10. The molecule has 0 aromatic carbocycles. The topological polar surface area (TPSA) is 51.8 Å². The van der Waals surface area contributed by atoms with Crippen LogP contribution in [-0.2, 0) is 0 Å². The second kappa shape index (κ2) is 3.14. The molecule has 0 fully saturated rings. The molecule has 0 radical (unpaired) electrons. The maximum Gasteiger partial charge on any atom is 0.156 e. The third kappa shape index (κ3) is 1.77. The Labute approximate surface area is 66.0 Å². The van der Waals surface area contributed by atoms with E-state index in [1.165, 1.54) is 6.20 Å². The molecule has 3 heteroatoms. The van der Waals surface area contributed by atoms with Crippen LogP contribution in [0, 0.1) is 6.92 Å². The minimum atomic E-state index is 0.701. The summed E-state index contributed by atoms with van der Waals surface area (Å²) in [6.45, 7) is 3.81. The second-order valence-electron chi connectivity index (χ2n) is 2.37. The van der Waals surface area contributed by atoms with E-state index in [0.717, 1.165) is 11.3 Å². The molecule has 1 aromatic heterocycles. The molecule has 0 bridgehead atoms. The van der Waals surface area contributed by atoms with E-state index < -0.39 is 0 Å². The van der Waals surface area contributed by atoms with Crippen LogP contribution in [0.5, 0.6) is 0 Å². The van der Waals surface area contributed by atoms with Crippen molar-refractivity contribution >= 4 is 5.57 Å². The van der Waals surface area contributed by atoms with E-state index in [1.807, 2.05) is 19.9 Å². The van der Waals surface area contributed by atoms with Crippen molar-refractivity contribution in [3.63, 3.8) is 0 Å². The van der Waals surface area contributed by atoms with Crippen molar-refractivity contribution in [3.05, 3.63) is 30.0 Å². The van der Waals surface area contributed by atoms with E-state index >= 15 is 0 Å². The average Bonchev–Trinajstić information content (AvgIpc) is 2.03. The van der Waals surface area contributed by atoms with E-state index in [9.17, 15) is 0 Å². The zero-order valence-corrected chi connectivity index (χ0v) is 6.70. The fourth-order valence-corrected chi connectivity index (χ4v) is 0.713. The van der Waals surface area contributed by atoms with Crippen molar-refractivity contribution in [2.75, 3.05) is 0 Å². The Morgan fingerprint density at radius 3 is 2.91 bits per heavy atom. The van der Waals surface area contributed by atoms with E-state index in [0.29, 0.717) is 5.82 Å². The molecule has 0 atom stereocenters. The molecule has 2 N–H and O–H groups in total. The lowest BCUT2D eigenvalue weighted by atomic mass is 10.3. The molecule has 0 saturated carbocycles.